The Balaban J connectivity index is 2.35. The smallest absolute Gasteiger partial charge is 0.289 e. The molecule has 0 atom stereocenters. The van der Waals surface area contributed by atoms with Crippen molar-refractivity contribution in [2.24, 2.45) is 22.5 Å². The topological polar surface area (TPSA) is 78.4 Å². The molecule has 0 aliphatic heterocycles. The maximum atomic E-state index is 5.26. The summed E-state index contributed by atoms with van der Waals surface area (Å²) in [5.41, 5.74) is 11.7. The molecule has 1 fully saturated rings. The molecule has 0 aromatic carbocycles. The van der Waals surface area contributed by atoms with E-state index >= 15 is 0 Å². The second kappa shape index (κ2) is 5.62. The van der Waals surface area contributed by atoms with Crippen molar-refractivity contribution in [2.75, 3.05) is 0 Å². The fourth-order valence-corrected chi connectivity index (χ4v) is 1.96. The molecule has 0 bridgehead atoms. The van der Waals surface area contributed by atoms with E-state index in [0.717, 1.165) is 18.8 Å². The SMILES string of the molecule is CCCC1CCC(=N[NH+]=C(N)N)CC1. The lowest BCUT2D eigenvalue weighted by Gasteiger charge is -2.21. The minimum absolute atomic E-state index is 0.174. The van der Waals surface area contributed by atoms with Gasteiger partial charge in [-0.15, -0.1) is 5.10 Å². The van der Waals surface area contributed by atoms with Gasteiger partial charge in [-0.3, -0.25) is 11.5 Å². The van der Waals surface area contributed by atoms with Crippen LogP contribution in [0, 0.1) is 5.92 Å². The van der Waals surface area contributed by atoms with Gasteiger partial charge in [0.05, 0.1) is 5.71 Å². The molecule has 0 unspecified atom stereocenters. The third-order valence-corrected chi connectivity index (χ3v) is 2.72. The van der Waals surface area contributed by atoms with Gasteiger partial charge in [0.15, 0.2) is 0 Å². The number of hydrogen-bond acceptors (Lipinski definition) is 1. The normalized spacial score (nSPS) is 21.8. The summed E-state index contributed by atoms with van der Waals surface area (Å²) >= 11 is 0. The quantitative estimate of drug-likeness (QED) is 0.329. The van der Waals surface area contributed by atoms with Gasteiger partial charge in [0, 0.05) is 0 Å². The Hall–Kier alpha value is -1.06. The Morgan fingerprint density at radius 1 is 1.43 bits per heavy atom. The van der Waals surface area contributed by atoms with Crippen LogP contribution in [0.25, 0.3) is 0 Å². The highest BCUT2D eigenvalue weighted by Gasteiger charge is 2.16. The van der Waals surface area contributed by atoms with Gasteiger partial charge in [-0.25, -0.2) is 0 Å². The van der Waals surface area contributed by atoms with E-state index in [4.69, 9.17) is 11.5 Å². The highest BCUT2D eigenvalue weighted by molar-refractivity contribution is 5.84. The summed E-state index contributed by atoms with van der Waals surface area (Å²) in [6.45, 7) is 2.25. The zero-order valence-corrected chi connectivity index (χ0v) is 8.92. The second-order valence-corrected chi connectivity index (χ2v) is 3.98. The first-order valence-electron chi connectivity index (χ1n) is 5.41. The fraction of sp³-hybridized carbons (Fsp3) is 0.800. The summed E-state index contributed by atoms with van der Waals surface area (Å²) in [7, 11) is 0. The summed E-state index contributed by atoms with van der Waals surface area (Å²) in [5, 5.41) is 6.78. The standard InChI is InChI=1S/C10H20N4/c1-2-3-8-4-6-9(7-5-8)13-14-10(11)12/h8H,2-7H2,1H3,(H4,11,12,14)/p+1. The lowest BCUT2D eigenvalue weighted by molar-refractivity contribution is -0.464. The molecule has 14 heavy (non-hydrogen) atoms. The second-order valence-electron chi connectivity index (χ2n) is 3.98. The van der Waals surface area contributed by atoms with E-state index in [2.05, 4.69) is 17.1 Å². The van der Waals surface area contributed by atoms with E-state index < -0.39 is 0 Å². The average Bonchev–Trinajstić information content (AvgIpc) is 2.17. The van der Waals surface area contributed by atoms with Gasteiger partial charge in [0.2, 0.25) is 0 Å². The van der Waals surface area contributed by atoms with E-state index in [-0.39, 0.29) is 5.96 Å². The first kappa shape index (κ1) is 11.0. The van der Waals surface area contributed by atoms with Crippen LogP contribution in [-0.4, -0.2) is 11.7 Å². The van der Waals surface area contributed by atoms with E-state index in [1.165, 1.54) is 31.4 Å². The van der Waals surface area contributed by atoms with Crippen molar-refractivity contribution in [1.29, 1.82) is 0 Å². The van der Waals surface area contributed by atoms with Crippen LogP contribution in [0.3, 0.4) is 0 Å². The summed E-state index contributed by atoms with van der Waals surface area (Å²) in [4.78, 5) is 0. The number of nitrogens with zero attached hydrogens (tertiary/aromatic N) is 1. The van der Waals surface area contributed by atoms with Crippen LogP contribution in [0.2, 0.25) is 0 Å². The van der Waals surface area contributed by atoms with Gasteiger partial charge in [-0.1, -0.05) is 19.8 Å². The van der Waals surface area contributed by atoms with Gasteiger partial charge in [0.1, 0.15) is 0 Å². The Morgan fingerprint density at radius 3 is 2.57 bits per heavy atom. The number of nitrogens with one attached hydrogen (secondary N) is 1. The highest BCUT2D eigenvalue weighted by Crippen LogP contribution is 2.25. The van der Waals surface area contributed by atoms with E-state index in [9.17, 15) is 0 Å². The lowest BCUT2D eigenvalue weighted by Crippen LogP contribution is -2.73. The largest absolute Gasteiger partial charge is 0.362 e. The number of hydrogen-bond donors (Lipinski definition) is 3. The number of hydrazone groups is 1. The van der Waals surface area contributed by atoms with Gasteiger partial charge >= 0.3 is 5.96 Å². The zero-order chi connectivity index (χ0) is 10.4. The summed E-state index contributed by atoms with van der Waals surface area (Å²) in [6.07, 6.45) is 7.35. The predicted octanol–water partition coefficient (Wildman–Crippen LogP) is -0.313. The molecule has 1 rings (SSSR count). The molecule has 1 aliphatic carbocycles. The Labute approximate surface area is 85.5 Å². The lowest BCUT2D eigenvalue weighted by atomic mass is 9.85. The van der Waals surface area contributed by atoms with Crippen LogP contribution in [0.15, 0.2) is 5.10 Å². The summed E-state index contributed by atoms with van der Waals surface area (Å²) in [6, 6.07) is 0. The maximum Gasteiger partial charge on any atom is 0.362 e. The van der Waals surface area contributed by atoms with Crippen molar-refractivity contribution < 1.29 is 5.10 Å². The van der Waals surface area contributed by atoms with Gasteiger partial charge in [-0.2, -0.15) is 5.10 Å². The fourth-order valence-electron chi connectivity index (χ4n) is 1.96. The molecular formula is C10H21N4+. The van der Waals surface area contributed by atoms with Crippen LogP contribution in [-0.2, 0) is 0 Å². The molecule has 0 radical (unpaired) electrons. The first-order valence-corrected chi connectivity index (χ1v) is 5.41. The molecule has 1 saturated carbocycles. The molecule has 0 aromatic heterocycles. The Morgan fingerprint density at radius 2 is 2.07 bits per heavy atom. The number of rotatable bonds is 3. The van der Waals surface area contributed by atoms with Crippen molar-refractivity contribution in [2.45, 2.75) is 45.4 Å². The molecule has 80 valence electrons. The van der Waals surface area contributed by atoms with Crippen LogP contribution < -0.4 is 16.6 Å². The molecule has 1 aliphatic rings. The number of nitrogens with two attached hydrogens (primary N) is 2. The van der Waals surface area contributed by atoms with E-state index in [1.807, 2.05) is 0 Å². The Kier molecular flexibility index (Phi) is 4.43. The average molecular weight is 197 g/mol. The minimum atomic E-state index is 0.174. The summed E-state index contributed by atoms with van der Waals surface area (Å²) < 4.78 is 0. The number of guanidine groups is 1. The van der Waals surface area contributed by atoms with Crippen LogP contribution in [0.1, 0.15) is 45.4 Å². The summed E-state index contributed by atoms with van der Waals surface area (Å²) in [5.74, 6) is 1.08. The zero-order valence-electron chi connectivity index (χ0n) is 8.92. The first-order chi connectivity index (χ1) is 6.72. The van der Waals surface area contributed by atoms with Crippen LogP contribution >= 0.6 is 0 Å². The molecule has 4 nitrogen and oxygen atoms in total. The Bertz CT molecular complexity index is 218. The van der Waals surface area contributed by atoms with Crippen molar-refractivity contribution in [1.82, 2.24) is 0 Å². The van der Waals surface area contributed by atoms with Gasteiger partial charge < -0.3 is 0 Å². The monoisotopic (exact) mass is 197 g/mol. The molecule has 5 N–H and O–H groups in total. The molecule has 0 spiro atoms. The van der Waals surface area contributed by atoms with Gasteiger partial charge in [-0.05, 0) is 31.6 Å². The molecule has 0 heterocycles. The molecule has 4 heteroatoms. The van der Waals surface area contributed by atoms with Crippen molar-refractivity contribution in [3.05, 3.63) is 0 Å². The van der Waals surface area contributed by atoms with E-state index in [0.29, 0.717) is 0 Å². The molecule has 0 saturated heterocycles. The predicted molar refractivity (Wildman–Crippen MR) is 58.6 cm³/mol. The minimum Gasteiger partial charge on any atom is -0.289 e. The van der Waals surface area contributed by atoms with Crippen molar-refractivity contribution in [3.63, 3.8) is 0 Å². The maximum absolute atomic E-state index is 5.26. The molecule has 0 amide bonds. The molecular weight excluding hydrogens is 176 g/mol. The van der Waals surface area contributed by atoms with Crippen LogP contribution in [0.4, 0.5) is 0 Å². The van der Waals surface area contributed by atoms with Crippen molar-refractivity contribution >= 4 is 11.7 Å². The van der Waals surface area contributed by atoms with Crippen LogP contribution in [0.5, 0.6) is 0 Å². The third-order valence-electron chi connectivity index (χ3n) is 2.72. The van der Waals surface area contributed by atoms with Gasteiger partial charge in [0.25, 0.3) is 0 Å². The van der Waals surface area contributed by atoms with E-state index in [1.54, 1.807) is 0 Å². The third kappa shape index (κ3) is 3.77. The molecule has 0 aromatic rings. The highest BCUT2D eigenvalue weighted by atomic mass is 15.3. The van der Waals surface area contributed by atoms with Crippen molar-refractivity contribution in [3.8, 4) is 0 Å².